The summed E-state index contributed by atoms with van der Waals surface area (Å²) in [4.78, 5) is 4.32. The Labute approximate surface area is 124 Å². The fourth-order valence-corrected chi connectivity index (χ4v) is 2.45. The molecule has 1 aromatic heterocycles. The first-order valence-corrected chi connectivity index (χ1v) is 7.03. The molecule has 0 atom stereocenters. The number of fused-ring (bicyclic) bond motifs is 1. The molecule has 2 N–H and O–H groups in total. The van der Waals surface area contributed by atoms with Crippen LogP contribution in [0.4, 0.5) is 0 Å². The number of para-hydroxylation sites is 1. The van der Waals surface area contributed by atoms with E-state index in [1.807, 2.05) is 37.3 Å². The third kappa shape index (κ3) is 2.88. The summed E-state index contributed by atoms with van der Waals surface area (Å²) in [7, 11) is 0. The molecule has 2 aromatic carbocycles. The van der Waals surface area contributed by atoms with Gasteiger partial charge in [-0.1, -0.05) is 30.3 Å². The minimum absolute atomic E-state index is 0.485. The van der Waals surface area contributed by atoms with Crippen molar-refractivity contribution >= 4 is 10.9 Å². The summed E-state index contributed by atoms with van der Waals surface area (Å²) in [5, 5.41) is 1.13. The van der Waals surface area contributed by atoms with Crippen LogP contribution in [0.25, 0.3) is 10.9 Å². The fourth-order valence-electron chi connectivity index (χ4n) is 2.45. The van der Waals surface area contributed by atoms with Gasteiger partial charge in [-0.2, -0.15) is 0 Å². The van der Waals surface area contributed by atoms with Crippen LogP contribution in [0.2, 0.25) is 0 Å². The van der Waals surface area contributed by atoms with Crippen LogP contribution in [0, 0.1) is 6.92 Å². The maximum absolute atomic E-state index is 5.99. The molecule has 0 fully saturated rings. The molecule has 21 heavy (non-hydrogen) atoms. The predicted octanol–water partition coefficient (Wildman–Crippen LogP) is 3.58. The van der Waals surface area contributed by atoms with Gasteiger partial charge < -0.3 is 10.5 Å². The normalized spacial score (nSPS) is 10.8. The first-order chi connectivity index (χ1) is 10.3. The topological polar surface area (TPSA) is 48.1 Å². The summed E-state index contributed by atoms with van der Waals surface area (Å²) in [6.45, 7) is 3.06. The van der Waals surface area contributed by atoms with Gasteiger partial charge in [0.1, 0.15) is 12.4 Å². The predicted molar refractivity (Wildman–Crippen MR) is 85.1 cm³/mol. The fraction of sp³-hybridized carbons (Fsp3) is 0.167. The number of ether oxygens (including phenoxy) is 1. The van der Waals surface area contributed by atoms with Gasteiger partial charge in [-0.3, -0.25) is 4.98 Å². The summed E-state index contributed by atoms with van der Waals surface area (Å²) in [6, 6.07) is 16.2. The highest BCUT2D eigenvalue weighted by Crippen LogP contribution is 2.24. The van der Waals surface area contributed by atoms with Crippen LogP contribution in [-0.4, -0.2) is 4.98 Å². The molecule has 3 rings (SSSR count). The number of aromatic nitrogens is 1. The first kappa shape index (κ1) is 13.6. The molecular formula is C18H18N2O. The van der Waals surface area contributed by atoms with E-state index in [4.69, 9.17) is 10.5 Å². The standard InChI is InChI=1S/C18H18N2O/c1-13-4-2-5-16(11-19)18(13)21-12-14-7-8-17-15(10-14)6-3-9-20-17/h2-10H,11-12,19H2,1H3. The molecule has 0 spiro atoms. The number of hydrogen-bond donors (Lipinski definition) is 1. The van der Waals surface area contributed by atoms with Gasteiger partial charge in [-0.15, -0.1) is 0 Å². The summed E-state index contributed by atoms with van der Waals surface area (Å²) in [5.41, 5.74) is 10.1. The van der Waals surface area contributed by atoms with E-state index in [1.54, 1.807) is 6.20 Å². The van der Waals surface area contributed by atoms with Crippen LogP contribution in [0.1, 0.15) is 16.7 Å². The van der Waals surface area contributed by atoms with Gasteiger partial charge in [0.25, 0.3) is 0 Å². The number of nitrogens with two attached hydrogens (primary N) is 1. The van der Waals surface area contributed by atoms with Crippen molar-refractivity contribution in [1.29, 1.82) is 0 Å². The van der Waals surface area contributed by atoms with E-state index in [1.165, 1.54) is 0 Å². The van der Waals surface area contributed by atoms with E-state index in [-0.39, 0.29) is 0 Å². The number of hydrogen-bond acceptors (Lipinski definition) is 3. The second kappa shape index (κ2) is 5.94. The van der Waals surface area contributed by atoms with Crippen LogP contribution in [-0.2, 0) is 13.2 Å². The molecule has 0 saturated heterocycles. The molecule has 0 aliphatic rings. The number of nitrogens with zero attached hydrogens (tertiary/aromatic N) is 1. The third-order valence-electron chi connectivity index (χ3n) is 3.56. The highest BCUT2D eigenvalue weighted by Gasteiger charge is 2.06. The number of benzene rings is 2. The lowest BCUT2D eigenvalue weighted by Crippen LogP contribution is -2.04. The van der Waals surface area contributed by atoms with E-state index in [9.17, 15) is 0 Å². The van der Waals surface area contributed by atoms with Crippen LogP contribution < -0.4 is 10.5 Å². The van der Waals surface area contributed by atoms with Crippen molar-refractivity contribution in [1.82, 2.24) is 4.98 Å². The van der Waals surface area contributed by atoms with Crippen LogP contribution >= 0.6 is 0 Å². The van der Waals surface area contributed by atoms with Gasteiger partial charge in [0.15, 0.2) is 0 Å². The van der Waals surface area contributed by atoms with E-state index < -0.39 is 0 Å². The maximum atomic E-state index is 5.99. The zero-order valence-electron chi connectivity index (χ0n) is 12.0. The van der Waals surface area contributed by atoms with Gasteiger partial charge in [-0.05, 0) is 36.2 Å². The molecule has 0 bridgehead atoms. The molecular weight excluding hydrogens is 260 g/mol. The van der Waals surface area contributed by atoms with Crippen LogP contribution in [0.15, 0.2) is 54.7 Å². The van der Waals surface area contributed by atoms with Gasteiger partial charge in [0.2, 0.25) is 0 Å². The zero-order chi connectivity index (χ0) is 14.7. The molecule has 3 aromatic rings. The number of rotatable bonds is 4. The zero-order valence-corrected chi connectivity index (χ0v) is 12.0. The van der Waals surface area contributed by atoms with Gasteiger partial charge in [0, 0.05) is 23.7 Å². The molecule has 0 unspecified atom stereocenters. The van der Waals surface area contributed by atoms with Crippen LogP contribution in [0.3, 0.4) is 0 Å². The Morgan fingerprint density at radius 2 is 2.00 bits per heavy atom. The molecule has 3 nitrogen and oxygen atoms in total. The molecule has 0 radical (unpaired) electrons. The van der Waals surface area contributed by atoms with Crippen molar-refractivity contribution in [2.75, 3.05) is 0 Å². The SMILES string of the molecule is Cc1cccc(CN)c1OCc1ccc2ncccc2c1. The molecule has 0 amide bonds. The molecule has 0 aliphatic carbocycles. The largest absolute Gasteiger partial charge is 0.488 e. The first-order valence-electron chi connectivity index (χ1n) is 7.03. The molecule has 106 valence electrons. The molecule has 0 aliphatic heterocycles. The lowest BCUT2D eigenvalue weighted by atomic mass is 10.1. The minimum Gasteiger partial charge on any atom is -0.488 e. The Morgan fingerprint density at radius 1 is 1.10 bits per heavy atom. The molecule has 3 heteroatoms. The van der Waals surface area contributed by atoms with Crippen molar-refractivity contribution in [3.63, 3.8) is 0 Å². The Hall–Kier alpha value is -2.39. The summed E-state index contributed by atoms with van der Waals surface area (Å²) < 4.78 is 5.99. The van der Waals surface area contributed by atoms with Crippen molar-refractivity contribution in [3.05, 3.63) is 71.4 Å². The molecule has 0 saturated carbocycles. The van der Waals surface area contributed by atoms with Gasteiger partial charge in [0.05, 0.1) is 5.52 Å². The Balaban J connectivity index is 1.83. The lowest BCUT2D eigenvalue weighted by Gasteiger charge is -2.13. The van der Waals surface area contributed by atoms with Gasteiger partial charge >= 0.3 is 0 Å². The number of pyridine rings is 1. The van der Waals surface area contributed by atoms with Gasteiger partial charge in [-0.25, -0.2) is 0 Å². The minimum atomic E-state index is 0.485. The van der Waals surface area contributed by atoms with Crippen molar-refractivity contribution in [3.8, 4) is 5.75 Å². The molecule has 1 heterocycles. The number of aryl methyl sites for hydroxylation is 1. The van der Waals surface area contributed by atoms with Crippen LogP contribution in [0.5, 0.6) is 5.75 Å². The Bertz CT molecular complexity index is 768. The van der Waals surface area contributed by atoms with Crippen molar-refractivity contribution in [2.24, 2.45) is 5.73 Å². The van der Waals surface area contributed by atoms with E-state index in [0.29, 0.717) is 13.2 Å². The Morgan fingerprint density at radius 3 is 2.86 bits per heavy atom. The van der Waals surface area contributed by atoms with E-state index in [2.05, 4.69) is 23.2 Å². The highest BCUT2D eigenvalue weighted by molar-refractivity contribution is 5.78. The van der Waals surface area contributed by atoms with E-state index >= 15 is 0 Å². The third-order valence-corrected chi connectivity index (χ3v) is 3.56. The average Bonchev–Trinajstić information content (AvgIpc) is 2.53. The van der Waals surface area contributed by atoms with Crippen molar-refractivity contribution in [2.45, 2.75) is 20.1 Å². The quantitative estimate of drug-likeness (QED) is 0.793. The van der Waals surface area contributed by atoms with E-state index in [0.717, 1.165) is 33.3 Å². The Kier molecular flexibility index (Phi) is 3.84. The van der Waals surface area contributed by atoms with Crippen molar-refractivity contribution < 1.29 is 4.74 Å². The monoisotopic (exact) mass is 278 g/mol. The lowest BCUT2D eigenvalue weighted by molar-refractivity contribution is 0.301. The highest BCUT2D eigenvalue weighted by atomic mass is 16.5. The summed E-state index contributed by atoms with van der Waals surface area (Å²) >= 11 is 0. The second-order valence-corrected chi connectivity index (χ2v) is 5.09. The smallest absolute Gasteiger partial charge is 0.127 e. The summed E-state index contributed by atoms with van der Waals surface area (Å²) in [5.74, 6) is 0.895. The summed E-state index contributed by atoms with van der Waals surface area (Å²) in [6.07, 6.45) is 1.80. The average molecular weight is 278 g/mol. The maximum Gasteiger partial charge on any atom is 0.127 e. The second-order valence-electron chi connectivity index (χ2n) is 5.09.